The van der Waals surface area contributed by atoms with Crippen molar-refractivity contribution in [3.63, 3.8) is 0 Å². The van der Waals surface area contributed by atoms with Crippen LogP contribution >= 0.6 is 0 Å². The number of benzene rings is 1. The van der Waals surface area contributed by atoms with Gasteiger partial charge in [0.05, 0.1) is 0 Å². The van der Waals surface area contributed by atoms with E-state index in [0.29, 0.717) is 10.8 Å². The van der Waals surface area contributed by atoms with E-state index in [9.17, 15) is 0 Å². The molecule has 6 unspecified atom stereocenters. The molecule has 3 aliphatic carbocycles. The van der Waals surface area contributed by atoms with Crippen molar-refractivity contribution >= 4 is 0 Å². The molecule has 3 aliphatic rings. The second-order valence-electron chi connectivity index (χ2n) is 13.6. The van der Waals surface area contributed by atoms with E-state index in [-0.39, 0.29) is 0 Å². The number of hydrogen-bond acceptors (Lipinski definition) is 0. The molecule has 0 aliphatic heterocycles. The lowest BCUT2D eigenvalue weighted by Gasteiger charge is -2.63. The third-order valence-electron chi connectivity index (χ3n) is 11.5. The van der Waals surface area contributed by atoms with Crippen LogP contribution in [-0.4, -0.2) is 0 Å². The van der Waals surface area contributed by atoms with Gasteiger partial charge in [-0.1, -0.05) is 83.9 Å². The van der Waals surface area contributed by atoms with Crippen LogP contribution in [0.3, 0.4) is 0 Å². The van der Waals surface area contributed by atoms with Crippen LogP contribution in [0.2, 0.25) is 0 Å². The van der Waals surface area contributed by atoms with Crippen LogP contribution in [0.5, 0.6) is 0 Å². The number of hydrogen-bond donors (Lipinski definition) is 0. The van der Waals surface area contributed by atoms with Gasteiger partial charge >= 0.3 is 0 Å². The van der Waals surface area contributed by atoms with Gasteiger partial charge in [-0.15, -0.1) is 6.58 Å². The molecule has 0 heterocycles. The van der Waals surface area contributed by atoms with E-state index in [4.69, 9.17) is 0 Å². The molecule has 0 radical (unpaired) electrons. The lowest BCUT2D eigenvalue weighted by atomic mass is 9.41. The summed E-state index contributed by atoms with van der Waals surface area (Å²) in [5.41, 5.74) is 8.75. The van der Waals surface area contributed by atoms with Gasteiger partial charge in [0.2, 0.25) is 0 Å². The van der Waals surface area contributed by atoms with Gasteiger partial charge in [0.25, 0.3) is 0 Å². The minimum absolute atomic E-state index is 0.354. The Morgan fingerprint density at radius 1 is 1.09 bits per heavy atom. The van der Waals surface area contributed by atoms with E-state index in [0.717, 1.165) is 29.6 Å². The quantitative estimate of drug-likeness (QED) is 0.239. The predicted molar refractivity (Wildman–Crippen MR) is 149 cm³/mol. The molecule has 6 atom stereocenters. The second-order valence-corrected chi connectivity index (χ2v) is 13.6. The van der Waals surface area contributed by atoms with Crippen LogP contribution in [0.1, 0.15) is 128 Å². The first-order valence-electron chi connectivity index (χ1n) is 14.8. The zero-order valence-electron chi connectivity index (χ0n) is 23.7. The molecule has 1 aromatic rings. The Kier molecular flexibility index (Phi) is 7.77. The van der Waals surface area contributed by atoms with Crippen LogP contribution in [0.15, 0.2) is 24.3 Å². The van der Waals surface area contributed by atoms with Gasteiger partial charge < -0.3 is 0 Å². The molecule has 1 aromatic carbocycles. The van der Waals surface area contributed by atoms with Crippen LogP contribution in [0, 0.1) is 48.9 Å². The molecule has 4 rings (SSSR count). The van der Waals surface area contributed by atoms with Gasteiger partial charge in [-0.25, -0.2) is 0 Å². The highest BCUT2D eigenvalue weighted by molar-refractivity contribution is 5.49. The molecule has 0 bridgehead atoms. The largest absolute Gasteiger partial charge is 0.100 e. The summed E-state index contributed by atoms with van der Waals surface area (Å²) in [6, 6.07) is 4.93. The lowest BCUT2D eigenvalue weighted by molar-refractivity contribution is -0.0672. The maximum absolute atomic E-state index is 4.23. The number of rotatable bonds is 10. The topological polar surface area (TPSA) is 0 Å². The van der Waals surface area contributed by atoms with Gasteiger partial charge in [-0.3, -0.25) is 0 Å². The van der Waals surface area contributed by atoms with Crippen LogP contribution < -0.4 is 0 Å². The number of unbranched alkanes of at least 4 members (excludes halogenated alkanes) is 2. The Morgan fingerprint density at radius 3 is 2.50 bits per heavy atom. The van der Waals surface area contributed by atoms with Crippen molar-refractivity contribution in [1.29, 1.82) is 0 Å². The summed E-state index contributed by atoms with van der Waals surface area (Å²) in [6.07, 6.45) is 16.8. The van der Waals surface area contributed by atoms with Crippen LogP contribution in [0.25, 0.3) is 0 Å². The zero-order valence-corrected chi connectivity index (χ0v) is 23.7. The molecule has 0 heteroatoms. The van der Waals surface area contributed by atoms with E-state index < -0.39 is 0 Å². The summed E-state index contributed by atoms with van der Waals surface area (Å²) in [7, 11) is 0. The average molecular weight is 463 g/mol. The first-order valence-corrected chi connectivity index (χ1v) is 14.8. The number of allylic oxidation sites excluding steroid dienone is 1. The van der Waals surface area contributed by atoms with Crippen molar-refractivity contribution < 1.29 is 0 Å². The molecule has 0 nitrogen and oxygen atoms in total. The summed E-state index contributed by atoms with van der Waals surface area (Å²) >= 11 is 0. The molecule has 34 heavy (non-hydrogen) atoms. The first-order chi connectivity index (χ1) is 16.1. The van der Waals surface area contributed by atoms with E-state index in [1.54, 1.807) is 11.1 Å². The van der Waals surface area contributed by atoms with Crippen molar-refractivity contribution in [1.82, 2.24) is 0 Å². The van der Waals surface area contributed by atoms with Crippen LogP contribution in [0.4, 0.5) is 0 Å². The summed E-state index contributed by atoms with van der Waals surface area (Å²) in [5, 5.41) is 0. The molecule has 0 saturated heterocycles. The minimum atomic E-state index is 0.354. The Labute approximate surface area is 212 Å². The van der Waals surface area contributed by atoms with E-state index in [1.807, 2.05) is 5.56 Å². The molecular weight excluding hydrogens is 408 g/mol. The summed E-state index contributed by atoms with van der Waals surface area (Å²) in [4.78, 5) is 0. The van der Waals surface area contributed by atoms with E-state index >= 15 is 0 Å². The van der Waals surface area contributed by atoms with Gasteiger partial charge in [-0.2, -0.15) is 0 Å². The Morgan fingerprint density at radius 2 is 1.82 bits per heavy atom. The molecule has 2 fully saturated rings. The van der Waals surface area contributed by atoms with Gasteiger partial charge in [0.1, 0.15) is 0 Å². The Balaban J connectivity index is 1.72. The molecule has 0 amide bonds. The van der Waals surface area contributed by atoms with E-state index in [2.05, 4.69) is 67.2 Å². The molecule has 0 aromatic heterocycles. The van der Waals surface area contributed by atoms with Crippen molar-refractivity contribution in [3.8, 4) is 0 Å². The van der Waals surface area contributed by atoms with Crippen molar-refractivity contribution in [2.45, 2.75) is 131 Å². The van der Waals surface area contributed by atoms with E-state index in [1.165, 1.54) is 88.2 Å². The molecule has 190 valence electrons. The first kappa shape index (κ1) is 26.0. The third-order valence-corrected chi connectivity index (χ3v) is 11.5. The molecule has 0 N–H and O–H groups in total. The monoisotopic (exact) mass is 462 g/mol. The standard InChI is InChI=1S/C34H54/c1-23(2)13-15-26(5)33(8)21-19-31-25(4)22-30-18-14-24(3)27(6)32(30)34(31,28(33)7)20-11-9-10-12-29-16-17-29/h14,18,25-26,28-29,31H,1,9-13,15-17,19-22H2,2-8H3. The fourth-order valence-corrected chi connectivity index (χ4v) is 8.65. The number of aryl methyl sites for hydroxylation is 1. The van der Waals surface area contributed by atoms with Gasteiger partial charge in [0.15, 0.2) is 0 Å². The zero-order chi connectivity index (χ0) is 24.7. The fraction of sp³-hybridized carbons (Fsp3) is 0.765. The summed E-state index contributed by atoms with van der Waals surface area (Å²) < 4.78 is 0. The lowest BCUT2D eigenvalue weighted by Crippen LogP contribution is -2.58. The SMILES string of the molecule is C=C(C)CCC(C)C1(C)CCC2C(C)Cc3ccc(C)c(C)c3C2(CCCCCC2CC2)C1C. The highest BCUT2D eigenvalue weighted by atomic mass is 14.6. The molecule has 0 spiro atoms. The second kappa shape index (κ2) is 10.1. The summed E-state index contributed by atoms with van der Waals surface area (Å²) in [5.74, 6) is 4.21. The molecule has 2 saturated carbocycles. The maximum atomic E-state index is 4.23. The third kappa shape index (κ3) is 4.69. The summed E-state index contributed by atoms with van der Waals surface area (Å²) in [6.45, 7) is 21.8. The van der Waals surface area contributed by atoms with Crippen molar-refractivity contribution in [2.75, 3.05) is 0 Å². The minimum Gasteiger partial charge on any atom is -0.100 e. The average Bonchev–Trinajstić information content (AvgIpc) is 3.61. The Hall–Kier alpha value is -1.04. The van der Waals surface area contributed by atoms with Gasteiger partial charge in [-0.05, 0) is 117 Å². The number of fused-ring (bicyclic) bond motifs is 3. The fourth-order valence-electron chi connectivity index (χ4n) is 8.65. The smallest absolute Gasteiger partial charge is 0.00202 e. The van der Waals surface area contributed by atoms with Crippen LogP contribution in [-0.2, 0) is 11.8 Å². The Bertz CT molecular complexity index is 872. The highest BCUT2D eigenvalue weighted by Gasteiger charge is 2.59. The highest BCUT2D eigenvalue weighted by Crippen LogP contribution is 2.65. The maximum Gasteiger partial charge on any atom is 0.00202 e. The van der Waals surface area contributed by atoms with Crippen molar-refractivity contribution in [2.24, 2.45) is 35.0 Å². The predicted octanol–water partition coefficient (Wildman–Crippen LogP) is 10.1. The van der Waals surface area contributed by atoms with Gasteiger partial charge in [0, 0.05) is 5.41 Å². The normalized spacial score (nSPS) is 33.8. The molecular formula is C34H54. The van der Waals surface area contributed by atoms with Crippen molar-refractivity contribution in [3.05, 3.63) is 46.5 Å².